The van der Waals surface area contributed by atoms with Crippen molar-refractivity contribution in [3.8, 4) is 11.5 Å². The predicted octanol–water partition coefficient (Wildman–Crippen LogP) is 3.64. The summed E-state index contributed by atoms with van der Waals surface area (Å²) >= 11 is 0. The molecule has 1 atom stereocenters. The van der Waals surface area contributed by atoms with Crippen molar-refractivity contribution < 1.29 is 23.2 Å². The van der Waals surface area contributed by atoms with Gasteiger partial charge in [0, 0.05) is 23.4 Å². The van der Waals surface area contributed by atoms with Crippen LogP contribution >= 0.6 is 0 Å². The Morgan fingerprint density at radius 1 is 1.26 bits per heavy atom. The summed E-state index contributed by atoms with van der Waals surface area (Å²) in [6, 6.07) is 10.2. The number of hydrogen-bond acceptors (Lipinski definition) is 8. The molecule has 1 aromatic heterocycles. The van der Waals surface area contributed by atoms with Gasteiger partial charge in [0.2, 0.25) is 5.95 Å². The summed E-state index contributed by atoms with van der Waals surface area (Å²) in [4.78, 5) is 10.7. The highest BCUT2D eigenvalue weighted by Gasteiger charge is 2.26. The van der Waals surface area contributed by atoms with Crippen LogP contribution in [0, 0.1) is 10.1 Å². The maximum absolute atomic E-state index is 12.7. The molecule has 2 aromatic carbocycles. The van der Waals surface area contributed by atoms with Crippen molar-refractivity contribution in [2.24, 2.45) is 0 Å². The molecule has 2 heterocycles. The summed E-state index contributed by atoms with van der Waals surface area (Å²) < 4.78 is 36.9. The quantitative estimate of drug-likeness (QED) is 0.446. The zero-order valence-electron chi connectivity index (χ0n) is 16.1. The highest BCUT2D eigenvalue weighted by atomic mass is 19.3. The first kappa shape index (κ1) is 20.2. The molecule has 3 aromatic rings. The van der Waals surface area contributed by atoms with E-state index in [2.05, 4.69) is 25.6 Å². The first-order chi connectivity index (χ1) is 15.0. The van der Waals surface area contributed by atoms with Crippen molar-refractivity contribution in [3.05, 3.63) is 69.8 Å². The number of nitrogens with zero attached hydrogens (tertiary/aromatic N) is 5. The molecule has 1 aliphatic rings. The van der Waals surface area contributed by atoms with Crippen LogP contribution < -0.4 is 14.8 Å². The van der Waals surface area contributed by atoms with Gasteiger partial charge in [-0.2, -0.15) is 13.5 Å². The first-order valence-corrected chi connectivity index (χ1v) is 9.19. The number of non-ortho nitro benzene ring substituents is 1. The molecular formula is C19H16F2N6O4. The van der Waals surface area contributed by atoms with E-state index < -0.39 is 17.6 Å². The maximum Gasteiger partial charge on any atom is 0.387 e. The van der Waals surface area contributed by atoms with Gasteiger partial charge in [0.15, 0.2) is 11.5 Å². The molecule has 160 valence electrons. The number of fused-ring (bicyclic) bond motifs is 1. The summed E-state index contributed by atoms with van der Waals surface area (Å²) in [6.45, 7) is -1.01. The lowest BCUT2D eigenvalue weighted by Gasteiger charge is -2.24. The maximum atomic E-state index is 12.7. The highest BCUT2D eigenvalue weighted by molar-refractivity contribution is 5.78. The fraction of sp³-hybridized carbons (Fsp3) is 0.211. The number of anilines is 1. The molecule has 1 N–H and O–H groups in total. The normalized spacial score (nSPS) is 15.1. The molecular weight excluding hydrogens is 414 g/mol. The van der Waals surface area contributed by atoms with E-state index in [1.807, 2.05) is 0 Å². The van der Waals surface area contributed by atoms with Crippen molar-refractivity contribution >= 4 is 17.3 Å². The van der Waals surface area contributed by atoms with Gasteiger partial charge >= 0.3 is 6.61 Å². The lowest BCUT2D eigenvalue weighted by atomic mass is 10.0. The number of ether oxygens (including phenoxy) is 2. The lowest BCUT2D eigenvalue weighted by Crippen LogP contribution is -2.20. The third-order valence-corrected chi connectivity index (χ3v) is 4.52. The van der Waals surface area contributed by atoms with Crippen LogP contribution in [0.3, 0.4) is 0 Å². The number of nitro groups is 1. The third-order valence-electron chi connectivity index (χ3n) is 4.52. The van der Waals surface area contributed by atoms with E-state index in [0.717, 1.165) is 0 Å². The van der Waals surface area contributed by atoms with Gasteiger partial charge in [-0.3, -0.25) is 10.1 Å². The monoisotopic (exact) mass is 430 g/mol. The van der Waals surface area contributed by atoms with Gasteiger partial charge in [-0.25, -0.2) is 0 Å². The Balaban J connectivity index is 1.77. The van der Waals surface area contributed by atoms with E-state index in [9.17, 15) is 18.9 Å². The highest BCUT2D eigenvalue weighted by Crippen LogP contribution is 2.37. The minimum Gasteiger partial charge on any atom is -0.490 e. The van der Waals surface area contributed by atoms with Crippen LogP contribution in [-0.2, 0) is 0 Å². The van der Waals surface area contributed by atoms with Gasteiger partial charge in [-0.05, 0) is 41.1 Å². The number of allylic oxidation sites excluding steroid dienone is 1. The number of rotatable bonds is 7. The van der Waals surface area contributed by atoms with Crippen LogP contribution in [0.1, 0.15) is 24.1 Å². The molecule has 1 aliphatic heterocycles. The molecule has 0 fully saturated rings. The number of aromatic nitrogens is 4. The molecule has 0 amide bonds. The SMILES string of the molecule is CCOc1cc([C@H]2C=C(c3cccc([N+](=O)[O-])c3)Nc3nnnn32)ccc1OC(F)F. The Bertz CT molecular complexity index is 1150. The number of halogens is 2. The molecule has 4 rings (SSSR count). The standard InChI is InChI=1S/C19H16F2N6O4/c1-2-30-17-9-12(6-7-16(17)31-18(20)21)15-10-14(22-19-23-24-25-26(15)19)11-4-3-5-13(8-11)27(28)29/h3-10,15,18H,2H2,1H3,(H,22,23,25)/t15-/m1/s1. The minimum atomic E-state index is -2.99. The van der Waals surface area contributed by atoms with Crippen LogP contribution in [0.25, 0.3) is 5.70 Å². The summed E-state index contributed by atoms with van der Waals surface area (Å²) in [5.74, 6) is 0.382. The number of nitro benzene ring substituents is 1. The zero-order valence-corrected chi connectivity index (χ0v) is 16.1. The summed E-state index contributed by atoms with van der Waals surface area (Å²) in [6.07, 6.45) is 1.78. The van der Waals surface area contributed by atoms with Crippen molar-refractivity contribution in [1.29, 1.82) is 0 Å². The summed E-state index contributed by atoms with van der Waals surface area (Å²) in [7, 11) is 0. The first-order valence-electron chi connectivity index (χ1n) is 9.19. The molecule has 0 saturated heterocycles. The Morgan fingerprint density at radius 2 is 2.10 bits per heavy atom. The van der Waals surface area contributed by atoms with Crippen LogP contribution in [-0.4, -0.2) is 38.3 Å². The molecule has 0 bridgehead atoms. The van der Waals surface area contributed by atoms with Gasteiger partial charge in [0.25, 0.3) is 5.69 Å². The average molecular weight is 430 g/mol. The summed E-state index contributed by atoms with van der Waals surface area (Å²) in [5, 5.41) is 25.8. The van der Waals surface area contributed by atoms with Gasteiger partial charge in [0.1, 0.15) is 6.04 Å². The molecule has 0 spiro atoms. The second kappa shape index (κ2) is 8.34. The van der Waals surface area contributed by atoms with Crippen molar-refractivity contribution in [1.82, 2.24) is 20.2 Å². The van der Waals surface area contributed by atoms with Crippen LogP contribution in [0.15, 0.2) is 48.5 Å². The largest absolute Gasteiger partial charge is 0.490 e. The number of benzene rings is 2. The Kier molecular flexibility index (Phi) is 5.43. The number of nitrogens with one attached hydrogen (secondary N) is 1. The smallest absolute Gasteiger partial charge is 0.387 e. The van der Waals surface area contributed by atoms with Crippen molar-refractivity contribution in [2.45, 2.75) is 19.6 Å². The van der Waals surface area contributed by atoms with E-state index in [1.54, 1.807) is 37.3 Å². The molecule has 0 unspecified atom stereocenters. The van der Waals surface area contributed by atoms with Crippen LogP contribution in [0.4, 0.5) is 20.4 Å². The van der Waals surface area contributed by atoms with Crippen molar-refractivity contribution in [2.75, 3.05) is 11.9 Å². The van der Waals surface area contributed by atoms with E-state index in [-0.39, 0.29) is 23.8 Å². The predicted molar refractivity (Wildman–Crippen MR) is 105 cm³/mol. The molecule has 0 aliphatic carbocycles. The number of hydrogen-bond donors (Lipinski definition) is 1. The Morgan fingerprint density at radius 3 is 2.84 bits per heavy atom. The molecule has 12 heteroatoms. The van der Waals surface area contributed by atoms with Gasteiger partial charge < -0.3 is 14.8 Å². The number of alkyl halides is 2. The molecule has 0 radical (unpaired) electrons. The third kappa shape index (κ3) is 4.13. The fourth-order valence-electron chi connectivity index (χ4n) is 3.22. The number of tetrazole rings is 1. The average Bonchev–Trinajstić information content (AvgIpc) is 3.23. The Labute approximate surface area is 174 Å². The van der Waals surface area contributed by atoms with E-state index >= 15 is 0 Å². The van der Waals surface area contributed by atoms with E-state index in [4.69, 9.17) is 4.74 Å². The lowest BCUT2D eigenvalue weighted by molar-refractivity contribution is -0.384. The zero-order chi connectivity index (χ0) is 22.0. The van der Waals surface area contributed by atoms with E-state index in [1.165, 1.54) is 22.9 Å². The molecule has 10 nitrogen and oxygen atoms in total. The van der Waals surface area contributed by atoms with Crippen molar-refractivity contribution in [3.63, 3.8) is 0 Å². The topological polar surface area (TPSA) is 117 Å². The van der Waals surface area contributed by atoms with Gasteiger partial charge in [-0.15, -0.1) is 0 Å². The second-order valence-electron chi connectivity index (χ2n) is 6.42. The van der Waals surface area contributed by atoms with Crippen LogP contribution in [0.5, 0.6) is 11.5 Å². The molecule has 31 heavy (non-hydrogen) atoms. The summed E-state index contributed by atoms with van der Waals surface area (Å²) in [5.41, 5.74) is 1.70. The minimum absolute atomic E-state index is 0.0611. The second-order valence-corrected chi connectivity index (χ2v) is 6.42. The molecule has 0 saturated carbocycles. The van der Waals surface area contributed by atoms with E-state index in [0.29, 0.717) is 22.8 Å². The van der Waals surface area contributed by atoms with Gasteiger partial charge in [-0.1, -0.05) is 23.3 Å². The Hall–Kier alpha value is -4.09. The fourth-order valence-corrected chi connectivity index (χ4v) is 3.22. The van der Waals surface area contributed by atoms with Crippen LogP contribution in [0.2, 0.25) is 0 Å². The van der Waals surface area contributed by atoms with Gasteiger partial charge in [0.05, 0.1) is 11.5 Å².